The highest BCUT2D eigenvalue weighted by Gasteiger charge is 2.14. The standard InChI is InChI=1S/C12H13N3O2S/c13-9-6-7-12(11(14)8-9)15-18(16,17)10-4-2-1-3-5-10/h1-8,15H,13-14H2. The molecule has 6 heteroatoms. The first-order valence-electron chi connectivity index (χ1n) is 5.22. The minimum absolute atomic E-state index is 0.182. The van der Waals surface area contributed by atoms with Gasteiger partial charge in [-0.15, -0.1) is 0 Å². The number of sulfonamides is 1. The van der Waals surface area contributed by atoms with Crippen molar-refractivity contribution in [2.75, 3.05) is 16.2 Å². The van der Waals surface area contributed by atoms with Gasteiger partial charge in [-0.25, -0.2) is 8.42 Å². The first-order chi connectivity index (χ1) is 8.49. The number of hydrogen-bond donors (Lipinski definition) is 3. The van der Waals surface area contributed by atoms with Crippen LogP contribution in [0.15, 0.2) is 53.4 Å². The smallest absolute Gasteiger partial charge is 0.261 e. The molecule has 2 aromatic rings. The molecule has 2 aromatic carbocycles. The molecule has 0 unspecified atom stereocenters. The van der Waals surface area contributed by atoms with Crippen LogP contribution in [-0.2, 0) is 10.0 Å². The van der Waals surface area contributed by atoms with Crippen molar-refractivity contribution in [1.29, 1.82) is 0 Å². The first-order valence-corrected chi connectivity index (χ1v) is 6.70. The number of anilines is 3. The van der Waals surface area contributed by atoms with E-state index in [2.05, 4.69) is 4.72 Å². The van der Waals surface area contributed by atoms with E-state index in [1.807, 2.05) is 0 Å². The van der Waals surface area contributed by atoms with E-state index in [4.69, 9.17) is 11.5 Å². The highest BCUT2D eigenvalue weighted by Crippen LogP contribution is 2.24. The fraction of sp³-hybridized carbons (Fsp3) is 0. The SMILES string of the molecule is Nc1ccc(NS(=O)(=O)c2ccccc2)c(N)c1. The molecule has 18 heavy (non-hydrogen) atoms. The van der Waals surface area contributed by atoms with Crippen molar-refractivity contribution in [3.05, 3.63) is 48.5 Å². The Balaban J connectivity index is 2.34. The Labute approximate surface area is 105 Å². The zero-order valence-electron chi connectivity index (χ0n) is 9.50. The van der Waals surface area contributed by atoms with Crippen molar-refractivity contribution < 1.29 is 8.42 Å². The third-order valence-electron chi connectivity index (χ3n) is 2.37. The Morgan fingerprint density at radius 3 is 2.22 bits per heavy atom. The lowest BCUT2D eigenvalue weighted by Crippen LogP contribution is -2.14. The summed E-state index contributed by atoms with van der Waals surface area (Å²) in [6.07, 6.45) is 0. The molecule has 0 radical (unpaired) electrons. The van der Waals surface area contributed by atoms with Crippen molar-refractivity contribution in [3.8, 4) is 0 Å². The monoisotopic (exact) mass is 263 g/mol. The number of nitrogen functional groups attached to an aromatic ring is 2. The molecular formula is C12H13N3O2S. The number of benzene rings is 2. The quantitative estimate of drug-likeness (QED) is 0.733. The van der Waals surface area contributed by atoms with Gasteiger partial charge in [0, 0.05) is 5.69 Å². The van der Waals surface area contributed by atoms with E-state index < -0.39 is 10.0 Å². The second-order valence-corrected chi connectivity index (χ2v) is 5.45. The summed E-state index contributed by atoms with van der Waals surface area (Å²) >= 11 is 0. The Morgan fingerprint density at radius 2 is 1.61 bits per heavy atom. The zero-order chi connectivity index (χ0) is 13.2. The van der Waals surface area contributed by atoms with Gasteiger partial charge in [-0.1, -0.05) is 18.2 Å². The van der Waals surface area contributed by atoms with E-state index in [9.17, 15) is 8.42 Å². The number of hydrogen-bond acceptors (Lipinski definition) is 4. The predicted octanol–water partition coefficient (Wildman–Crippen LogP) is 1.65. The van der Waals surface area contributed by atoms with Crippen molar-refractivity contribution in [2.24, 2.45) is 0 Å². The molecule has 0 aliphatic heterocycles. The van der Waals surface area contributed by atoms with E-state index in [1.165, 1.54) is 24.3 Å². The Kier molecular flexibility index (Phi) is 3.12. The van der Waals surface area contributed by atoms with Crippen molar-refractivity contribution in [3.63, 3.8) is 0 Å². The minimum atomic E-state index is -3.62. The Morgan fingerprint density at radius 1 is 0.944 bits per heavy atom. The summed E-state index contributed by atoms with van der Waals surface area (Å²) in [4.78, 5) is 0.182. The molecule has 2 rings (SSSR count). The largest absolute Gasteiger partial charge is 0.399 e. The van der Waals surface area contributed by atoms with Gasteiger partial charge in [0.05, 0.1) is 16.3 Å². The van der Waals surface area contributed by atoms with Crippen molar-refractivity contribution in [1.82, 2.24) is 0 Å². The van der Waals surface area contributed by atoms with Crippen LogP contribution < -0.4 is 16.2 Å². The van der Waals surface area contributed by atoms with E-state index in [-0.39, 0.29) is 10.6 Å². The summed E-state index contributed by atoms with van der Waals surface area (Å²) in [5, 5.41) is 0. The van der Waals surface area contributed by atoms with Crippen LogP contribution in [0, 0.1) is 0 Å². The molecule has 0 fully saturated rings. The summed E-state index contributed by atoms with van der Waals surface area (Å²) in [7, 11) is -3.62. The van der Waals surface area contributed by atoms with Crippen molar-refractivity contribution in [2.45, 2.75) is 4.90 Å². The highest BCUT2D eigenvalue weighted by atomic mass is 32.2. The van der Waals surface area contributed by atoms with E-state index >= 15 is 0 Å². The second-order valence-electron chi connectivity index (χ2n) is 3.77. The van der Waals surface area contributed by atoms with Gasteiger partial charge < -0.3 is 11.5 Å². The van der Waals surface area contributed by atoms with Gasteiger partial charge in [-0.2, -0.15) is 0 Å². The molecular weight excluding hydrogens is 250 g/mol. The van der Waals surface area contributed by atoms with Crippen LogP contribution in [0.25, 0.3) is 0 Å². The molecule has 0 saturated carbocycles. The summed E-state index contributed by atoms with van der Waals surface area (Å²) in [5.41, 5.74) is 12.3. The van der Waals surface area contributed by atoms with Gasteiger partial charge in [0.1, 0.15) is 0 Å². The average Bonchev–Trinajstić information content (AvgIpc) is 2.34. The van der Waals surface area contributed by atoms with Crippen LogP contribution in [-0.4, -0.2) is 8.42 Å². The second kappa shape index (κ2) is 4.58. The van der Waals surface area contributed by atoms with Gasteiger partial charge >= 0.3 is 0 Å². The lowest BCUT2D eigenvalue weighted by Gasteiger charge is -2.10. The number of rotatable bonds is 3. The Bertz CT molecular complexity index is 654. The minimum Gasteiger partial charge on any atom is -0.399 e. The predicted molar refractivity (Wildman–Crippen MR) is 72.5 cm³/mol. The van der Waals surface area contributed by atoms with E-state index in [1.54, 1.807) is 24.3 Å². The maximum absolute atomic E-state index is 12.0. The fourth-order valence-corrected chi connectivity index (χ4v) is 2.59. The van der Waals surface area contributed by atoms with Gasteiger partial charge in [-0.05, 0) is 30.3 Å². The molecule has 0 bridgehead atoms. The molecule has 0 aliphatic rings. The molecule has 94 valence electrons. The lowest BCUT2D eigenvalue weighted by atomic mass is 10.2. The molecule has 0 aliphatic carbocycles. The van der Waals surface area contributed by atoms with Gasteiger partial charge in [-0.3, -0.25) is 4.72 Å². The molecule has 5 N–H and O–H groups in total. The zero-order valence-corrected chi connectivity index (χ0v) is 10.3. The van der Waals surface area contributed by atoms with E-state index in [0.717, 1.165) is 0 Å². The number of nitrogens with one attached hydrogen (secondary N) is 1. The van der Waals surface area contributed by atoms with Crippen LogP contribution in [0.4, 0.5) is 17.1 Å². The third-order valence-corrected chi connectivity index (χ3v) is 3.75. The lowest BCUT2D eigenvalue weighted by molar-refractivity contribution is 0.601. The van der Waals surface area contributed by atoms with Crippen LogP contribution in [0.3, 0.4) is 0 Å². The number of nitrogens with two attached hydrogens (primary N) is 2. The first kappa shape index (κ1) is 12.3. The summed E-state index contributed by atoms with van der Waals surface area (Å²) in [6.45, 7) is 0. The fourth-order valence-electron chi connectivity index (χ4n) is 1.48. The molecule has 0 atom stereocenters. The molecule has 0 aromatic heterocycles. The van der Waals surface area contributed by atoms with Gasteiger partial charge in [0.2, 0.25) is 0 Å². The van der Waals surface area contributed by atoms with Crippen LogP contribution in [0.1, 0.15) is 0 Å². The molecule has 0 amide bonds. The summed E-state index contributed by atoms with van der Waals surface area (Å²) in [6, 6.07) is 12.7. The van der Waals surface area contributed by atoms with Gasteiger partial charge in [0.15, 0.2) is 0 Å². The van der Waals surface area contributed by atoms with Crippen LogP contribution in [0.5, 0.6) is 0 Å². The van der Waals surface area contributed by atoms with Crippen molar-refractivity contribution >= 4 is 27.1 Å². The summed E-state index contributed by atoms with van der Waals surface area (Å²) in [5.74, 6) is 0. The normalized spacial score (nSPS) is 11.1. The van der Waals surface area contributed by atoms with E-state index in [0.29, 0.717) is 11.4 Å². The molecule has 0 saturated heterocycles. The topological polar surface area (TPSA) is 98.2 Å². The van der Waals surface area contributed by atoms with Crippen LogP contribution in [0.2, 0.25) is 0 Å². The molecule has 0 heterocycles. The maximum Gasteiger partial charge on any atom is 0.261 e. The maximum atomic E-state index is 12.0. The van der Waals surface area contributed by atoms with Crippen LogP contribution >= 0.6 is 0 Å². The Hall–Kier alpha value is -2.21. The molecule has 0 spiro atoms. The molecule has 5 nitrogen and oxygen atoms in total. The summed E-state index contributed by atoms with van der Waals surface area (Å²) < 4.78 is 26.5. The highest BCUT2D eigenvalue weighted by molar-refractivity contribution is 7.92. The average molecular weight is 263 g/mol. The van der Waals surface area contributed by atoms with Gasteiger partial charge in [0.25, 0.3) is 10.0 Å². The third kappa shape index (κ3) is 2.54.